The first-order valence-corrected chi connectivity index (χ1v) is 6.76. The summed E-state index contributed by atoms with van der Waals surface area (Å²) in [5.74, 6) is 0.140. The van der Waals surface area contributed by atoms with Crippen LogP contribution in [0.15, 0.2) is 27.9 Å². The van der Waals surface area contributed by atoms with E-state index >= 15 is 0 Å². The SMILES string of the molecule is CCCCn1c(N)c(NCc2cccnn2)c(=O)[nH]c1=O. The number of nitrogens with two attached hydrogens (primary N) is 1. The van der Waals surface area contributed by atoms with Gasteiger partial charge in [-0.2, -0.15) is 10.2 Å². The zero-order chi connectivity index (χ0) is 15.2. The van der Waals surface area contributed by atoms with Crippen molar-refractivity contribution in [2.75, 3.05) is 11.1 Å². The minimum atomic E-state index is -0.533. The summed E-state index contributed by atoms with van der Waals surface area (Å²) in [6.07, 6.45) is 3.29. The Hall–Kier alpha value is -2.64. The van der Waals surface area contributed by atoms with Gasteiger partial charge in [-0.05, 0) is 18.6 Å². The molecule has 0 saturated carbocycles. The fourth-order valence-electron chi connectivity index (χ4n) is 1.90. The lowest BCUT2D eigenvalue weighted by Gasteiger charge is -2.13. The van der Waals surface area contributed by atoms with Crippen LogP contribution in [0.3, 0.4) is 0 Å². The molecule has 8 nitrogen and oxygen atoms in total. The van der Waals surface area contributed by atoms with Gasteiger partial charge in [-0.15, -0.1) is 0 Å². The molecule has 0 saturated heterocycles. The molecular weight excluding hydrogens is 272 g/mol. The molecule has 8 heteroatoms. The lowest BCUT2D eigenvalue weighted by molar-refractivity contribution is 0.605. The van der Waals surface area contributed by atoms with Crippen LogP contribution in [0.25, 0.3) is 0 Å². The van der Waals surface area contributed by atoms with E-state index < -0.39 is 11.2 Å². The maximum Gasteiger partial charge on any atom is 0.330 e. The molecular formula is C13H18N6O2. The molecule has 0 aliphatic rings. The van der Waals surface area contributed by atoms with E-state index in [1.807, 2.05) is 6.92 Å². The van der Waals surface area contributed by atoms with Gasteiger partial charge in [0.15, 0.2) is 0 Å². The molecule has 2 rings (SSSR count). The highest BCUT2D eigenvalue weighted by Crippen LogP contribution is 2.11. The second-order valence-corrected chi connectivity index (χ2v) is 4.59. The fourth-order valence-corrected chi connectivity index (χ4v) is 1.90. The number of aromatic nitrogens is 4. The highest BCUT2D eigenvalue weighted by molar-refractivity contribution is 5.60. The molecule has 0 spiro atoms. The van der Waals surface area contributed by atoms with Gasteiger partial charge in [-0.25, -0.2) is 4.79 Å². The van der Waals surface area contributed by atoms with Crippen LogP contribution in [0.4, 0.5) is 11.5 Å². The molecule has 2 aromatic rings. The number of nitrogens with zero attached hydrogens (tertiary/aromatic N) is 3. The average molecular weight is 290 g/mol. The quantitative estimate of drug-likeness (QED) is 0.705. The van der Waals surface area contributed by atoms with E-state index in [-0.39, 0.29) is 11.5 Å². The molecule has 0 aromatic carbocycles. The Morgan fingerprint density at radius 2 is 2.24 bits per heavy atom. The third-order valence-corrected chi connectivity index (χ3v) is 3.05. The summed E-state index contributed by atoms with van der Waals surface area (Å²) in [6.45, 7) is 2.78. The molecule has 0 radical (unpaired) electrons. The van der Waals surface area contributed by atoms with Crippen LogP contribution in [0, 0.1) is 0 Å². The Morgan fingerprint density at radius 1 is 1.43 bits per heavy atom. The van der Waals surface area contributed by atoms with Crippen molar-refractivity contribution < 1.29 is 0 Å². The smallest absolute Gasteiger partial charge is 0.330 e. The van der Waals surface area contributed by atoms with Crippen molar-refractivity contribution in [3.63, 3.8) is 0 Å². The number of hydrogen-bond acceptors (Lipinski definition) is 6. The van der Waals surface area contributed by atoms with Crippen molar-refractivity contribution in [2.24, 2.45) is 0 Å². The van der Waals surface area contributed by atoms with Gasteiger partial charge in [0.05, 0.1) is 12.2 Å². The average Bonchev–Trinajstić information content (AvgIpc) is 2.47. The van der Waals surface area contributed by atoms with Crippen molar-refractivity contribution in [1.82, 2.24) is 19.7 Å². The lowest BCUT2D eigenvalue weighted by atomic mass is 10.3. The number of unbranched alkanes of at least 4 members (excludes halogenated alkanes) is 1. The molecule has 21 heavy (non-hydrogen) atoms. The highest BCUT2D eigenvalue weighted by Gasteiger charge is 2.11. The molecule has 2 heterocycles. The summed E-state index contributed by atoms with van der Waals surface area (Å²) in [7, 11) is 0. The van der Waals surface area contributed by atoms with Gasteiger partial charge >= 0.3 is 5.69 Å². The normalized spacial score (nSPS) is 10.5. The van der Waals surface area contributed by atoms with E-state index in [1.54, 1.807) is 18.3 Å². The van der Waals surface area contributed by atoms with Crippen LogP contribution in [0.1, 0.15) is 25.5 Å². The molecule has 0 atom stereocenters. The molecule has 0 bridgehead atoms. The Labute approximate surface area is 121 Å². The van der Waals surface area contributed by atoms with E-state index in [0.717, 1.165) is 12.8 Å². The largest absolute Gasteiger partial charge is 0.383 e. The van der Waals surface area contributed by atoms with Gasteiger partial charge in [-0.1, -0.05) is 13.3 Å². The lowest BCUT2D eigenvalue weighted by Crippen LogP contribution is -2.34. The van der Waals surface area contributed by atoms with Gasteiger partial charge in [-0.3, -0.25) is 14.3 Å². The number of anilines is 2. The van der Waals surface area contributed by atoms with Crippen molar-refractivity contribution >= 4 is 11.5 Å². The Balaban J connectivity index is 2.26. The van der Waals surface area contributed by atoms with E-state index in [9.17, 15) is 9.59 Å². The second-order valence-electron chi connectivity index (χ2n) is 4.59. The third-order valence-electron chi connectivity index (χ3n) is 3.05. The predicted octanol–water partition coefficient (Wildman–Crippen LogP) is 0.321. The van der Waals surface area contributed by atoms with Crippen molar-refractivity contribution in [1.29, 1.82) is 0 Å². The fraction of sp³-hybridized carbons (Fsp3) is 0.385. The number of nitrogens with one attached hydrogen (secondary N) is 2. The number of H-pyrrole nitrogens is 1. The van der Waals surface area contributed by atoms with Gasteiger partial charge in [0.1, 0.15) is 11.5 Å². The molecule has 0 aliphatic carbocycles. The van der Waals surface area contributed by atoms with E-state index in [2.05, 4.69) is 20.5 Å². The summed E-state index contributed by atoms with van der Waals surface area (Å²) < 4.78 is 1.36. The molecule has 0 fully saturated rings. The minimum Gasteiger partial charge on any atom is -0.383 e. The van der Waals surface area contributed by atoms with Crippen molar-refractivity contribution in [2.45, 2.75) is 32.9 Å². The first-order valence-electron chi connectivity index (χ1n) is 6.76. The number of nitrogen functional groups attached to an aromatic ring is 1. The molecule has 0 aliphatic heterocycles. The standard InChI is InChI=1S/C13H18N6O2/c1-2-3-7-19-11(14)10(12(20)17-13(19)21)15-8-9-5-4-6-16-18-9/h4-6,15H,2-3,7-8,14H2,1H3,(H,17,20,21). The Kier molecular flexibility index (Phi) is 4.70. The van der Waals surface area contributed by atoms with Gasteiger partial charge in [0, 0.05) is 12.7 Å². The van der Waals surface area contributed by atoms with Crippen LogP contribution in [0.2, 0.25) is 0 Å². The van der Waals surface area contributed by atoms with Crippen LogP contribution in [-0.2, 0) is 13.1 Å². The molecule has 4 N–H and O–H groups in total. The third kappa shape index (κ3) is 3.47. The van der Waals surface area contributed by atoms with Crippen molar-refractivity contribution in [3.8, 4) is 0 Å². The summed E-state index contributed by atoms with van der Waals surface area (Å²) in [4.78, 5) is 25.9. The number of aromatic amines is 1. The summed E-state index contributed by atoms with van der Waals surface area (Å²) >= 11 is 0. The second kappa shape index (κ2) is 6.69. The molecule has 2 aromatic heterocycles. The van der Waals surface area contributed by atoms with E-state index in [1.165, 1.54) is 4.57 Å². The number of rotatable bonds is 6. The number of hydrogen-bond donors (Lipinski definition) is 3. The van der Waals surface area contributed by atoms with E-state index in [4.69, 9.17) is 5.73 Å². The molecule has 0 unspecified atom stereocenters. The summed E-state index contributed by atoms with van der Waals surface area (Å²) in [5.41, 5.74) is 5.76. The van der Waals surface area contributed by atoms with Gasteiger partial charge in [0.25, 0.3) is 5.56 Å². The minimum absolute atomic E-state index is 0.140. The molecule has 0 amide bonds. The van der Waals surface area contributed by atoms with Gasteiger partial charge < -0.3 is 11.1 Å². The summed E-state index contributed by atoms with van der Waals surface area (Å²) in [5, 5.41) is 10.6. The summed E-state index contributed by atoms with van der Waals surface area (Å²) in [6, 6.07) is 3.53. The zero-order valence-electron chi connectivity index (χ0n) is 11.8. The highest BCUT2D eigenvalue weighted by atomic mass is 16.2. The van der Waals surface area contributed by atoms with Crippen LogP contribution in [-0.4, -0.2) is 19.7 Å². The van der Waals surface area contributed by atoms with Crippen LogP contribution >= 0.6 is 0 Å². The van der Waals surface area contributed by atoms with E-state index in [0.29, 0.717) is 18.8 Å². The Morgan fingerprint density at radius 3 is 2.90 bits per heavy atom. The monoisotopic (exact) mass is 290 g/mol. The first kappa shape index (κ1) is 14.8. The Bertz CT molecular complexity index is 707. The van der Waals surface area contributed by atoms with Crippen molar-refractivity contribution in [3.05, 3.63) is 44.9 Å². The topological polar surface area (TPSA) is 119 Å². The maximum absolute atomic E-state index is 11.9. The van der Waals surface area contributed by atoms with Crippen LogP contribution in [0.5, 0.6) is 0 Å². The predicted molar refractivity (Wildman–Crippen MR) is 80.0 cm³/mol. The van der Waals surface area contributed by atoms with Gasteiger partial charge in [0.2, 0.25) is 0 Å². The first-order chi connectivity index (χ1) is 10.1. The zero-order valence-corrected chi connectivity index (χ0v) is 11.8. The molecule has 112 valence electrons. The van der Waals surface area contributed by atoms with Crippen LogP contribution < -0.4 is 22.3 Å². The maximum atomic E-state index is 11.9.